The van der Waals surface area contributed by atoms with E-state index in [0.717, 1.165) is 32.5 Å². The predicted molar refractivity (Wildman–Crippen MR) is 75.8 cm³/mol. The summed E-state index contributed by atoms with van der Waals surface area (Å²) in [6.07, 6.45) is 7.96. The van der Waals surface area contributed by atoms with Crippen molar-refractivity contribution in [2.45, 2.75) is 39.5 Å². The lowest BCUT2D eigenvalue weighted by molar-refractivity contribution is 0.261. The quantitative estimate of drug-likeness (QED) is 0.572. The molecule has 0 amide bonds. The lowest BCUT2D eigenvalue weighted by atomic mass is 10.2. The average Bonchev–Trinajstić information content (AvgIpc) is 2.74. The molecule has 1 aliphatic rings. The summed E-state index contributed by atoms with van der Waals surface area (Å²) >= 11 is 0. The molecule has 7 heteroatoms. The van der Waals surface area contributed by atoms with Crippen LogP contribution in [0.4, 0.5) is 0 Å². The first-order valence-corrected chi connectivity index (χ1v) is 8.00. The van der Waals surface area contributed by atoms with E-state index in [4.69, 9.17) is 4.55 Å². The van der Waals surface area contributed by atoms with Crippen molar-refractivity contribution in [3.63, 3.8) is 0 Å². The van der Waals surface area contributed by atoms with Crippen LogP contribution in [0.1, 0.15) is 39.5 Å². The minimum absolute atomic E-state index is 0.0822. The Morgan fingerprint density at radius 1 is 1.21 bits per heavy atom. The number of hydrogen-bond donors (Lipinski definition) is 1. The number of rotatable bonds is 7. The largest absolute Gasteiger partial charge is 0.397 e. The Morgan fingerprint density at radius 2 is 1.89 bits per heavy atom. The number of unbranched alkanes of at least 4 members (excludes halogenated alkanes) is 3. The van der Waals surface area contributed by atoms with Gasteiger partial charge in [-0.1, -0.05) is 26.2 Å². The standard InChI is InChI=1S/C6H12N2.C6H14O4S/c1-3-8-5-4-7(2)6-8;1-2-3-4-5-6-10-11(7,8)9/h4-5H,3,6H2,1-2H3;2-6H2,1H3,(H,7,8,9). The van der Waals surface area contributed by atoms with Crippen LogP contribution in [0, 0.1) is 0 Å². The zero-order valence-corrected chi connectivity index (χ0v) is 12.9. The highest BCUT2D eigenvalue weighted by atomic mass is 32.3. The molecule has 0 bridgehead atoms. The zero-order chi connectivity index (χ0) is 14.7. The molecule has 1 aliphatic heterocycles. The highest BCUT2D eigenvalue weighted by molar-refractivity contribution is 7.80. The van der Waals surface area contributed by atoms with E-state index in [9.17, 15) is 8.42 Å². The van der Waals surface area contributed by atoms with E-state index < -0.39 is 10.4 Å². The molecule has 114 valence electrons. The van der Waals surface area contributed by atoms with Gasteiger partial charge in [-0.15, -0.1) is 0 Å². The van der Waals surface area contributed by atoms with Crippen LogP contribution in [0.15, 0.2) is 12.4 Å². The van der Waals surface area contributed by atoms with E-state index in [1.807, 2.05) is 0 Å². The fourth-order valence-electron chi connectivity index (χ4n) is 1.49. The van der Waals surface area contributed by atoms with Gasteiger partial charge in [-0.3, -0.25) is 4.55 Å². The Balaban J connectivity index is 0.000000356. The summed E-state index contributed by atoms with van der Waals surface area (Å²) < 4.78 is 32.2. The van der Waals surface area contributed by atoms with Crippen molar-refractivity contribution < 1.29 is 17.2 Å². The van der Waals surface area contributed by atoms with Gasteiger partial charge in [0.25, 0.3) is 0 Å². The number of nitrogens with zero attached hydrogens (tertiary/aromatic N) is 2. The lowest BCUT2D eigenvalue weighted by Gasteiger charge is -2.14. The van der Waals surface area contributed by atoms with Gasteiger partial charge in [-0.05, 0) is 13.3 Å². The van der Waals surface area contributed by atoms with Crippen molar-refractivity contribution in [1.29, 1.82) is 0 Å². The first-order chi connectivity index (χ1) is 8.89. The molecule has 0 spiro atoms. The van der Waals surface area contributed by atoms with Crippen molar-refractivity contribution >= 4 is 10.4 Å². The second-order valence-electron chi connectivity index (χ2n) is 4.41. The molecular weight excluding hydrogens is 268 g/mol. The molecule has 1 rings (SSSR count). The SMILES string of the molecule is CCCCCCOS(=O)(=O)O.CCN1C=CN(C)C1. The second-order valence-corrected chi connectivity index (χ2v) is 5.50. The van der Waals surface area contributed by atoms with Gasteiger partial charge in [0.15, 0.2) is 0 Å². The van der Waals surface area contributed by atoms with Gasteiger partial charge in [0.2, 0.25) is 0 Å². The summed E-state index contributed by atoms with van der Waals surface area (Å²) in [5.41, 5.74) is 0. The van der Waals surface area contributed by atoms with Crippen molar-refractivity contribution in [2.75, 3.05) is 26.9 Å². The van der Waals surface area contributed by atoms with Crippen molar-refractivity contribution in [1.82, 2.24) is 9.80 Å². The van der Waals surface area contributed by atoms with Crippen LogP contribution in [0.25, 0.3) is 0 Å². The van der Waals surface area contributed by atoms with E-state index in [-0.39, 0.29) is 6.61 Å². The molecular formula is C12H26N2O4S. The van der Waals surface area contributed by atoms with Crippen LogP contribution in [0.5, 0.6) is 0 Å². The highest BCUT2D eigenvalue weighted by Gasteiger charge is 2.03. The summed E-state index contributed by atoms with van der Waals surface area (Å²) in [5.74, 6) is 0. The zero-order valence-electron chi connectivity index (χ0n) is 12.1. The van der Waals surface area contributed by atoms with Crippen LogP contribution in [-0.4, -0.2) is 49.6 Å². The van der Waals surface area contributed by atoms with Crippen LogP contribution in [0.3, 0.4) is 0 Å². The van der Waals surface area contributed by atoms with Crippen molar-refractivity contribution in [3.8, 4) is 0 Å². The molecule has 0 aliphatic carbocycles. The number of hydrogen-bond acceptors (Lipinski definition) is 5. The Labute approximate surface area is 117 Å². The maximum absolute atomic E-state index is 10.00. The van der Waals surface area contributed by atoms with Crippen LogP contribution in [-0.2, 0) is 14.6 Å². The topological polar surface area (TPSA) is 70.1 Å². The van der Waals surface area contributed by atoms with E-state index in [2.05, 4.69) is 47.3 Å². The van der Waals surface area contributed by atoms with Crippen molar-refractivity contribution in [2.24, 2.45) is 0 Å². The molecule has 6 nitrogen and oxygen atoms in total. The minimum Gasteiger partial charge on any atom is -0.362 e. The molecule has 0 radical (unpaired) electrons. The average molecular weight is 294 g/mol. The third-order valence-corrected chi connectivity index (χ3v) is 3.04. The molecule has 19 heavy (non-hydrogen) atoms. The summed E-state index contributed by atoms with van der Waals surface area (Å²) in [6.45, 7) is 6.46. The maximum Gasteiger partial charge on any atom is 0.397 e. The Bertz CT molecular complexity index is 344. The summed E-state index contributed by atoms with van der Waals surface area (Å²) in [6, 6.07) is 0. The summed E-state index contributed by atoms with van der Waals surface area (Å²) in [5, 5.41) is 0. The van der Waals surface area contributed by atoms with E-state index in [1.165, 1.54) is 0 Å². The molecule has 0 fully saturated rings. The molecule has 0 aromatic carbocycles. The van der Waals surface area contributed by atoms with Crippen LogP contribution in [0.2, 0.25) is 0 Å². The van der Waals surface area contributed by atoms with Crippen LogP contribution < -0.4 is 0 Å². The monoisotopic (exact) mass is 294 g/mol. The molecule has 1 heterocycles. The fraction of sp³-hybridized carbons (Fsp3) is 0.833. The molecule has 0 aromatic heterocycles. The van der Waals surface area contributed by atoms with E-state index in [1.54, 1.807) is 0 Å². The van der Waals surface area contributed by atoms with E-state index in [0.29, 0.717) is 6.42 Å². The molecule has 0 saturated heterocycles. The molecule has 0 atom stereocenters. The molecule has 0 saturated carbocycles. The highest BCUT2D eigenvalue weighted by Crippen LogP contribution is 2.01. The maximum atomic E-state index is 10.00. The van der Waals surface area contributed by atoms with E-state index >= 15 is 0 Å². The molecule has 0 unspecified atom stereocenters. The van der Waals surface area contributed by atoms with Crippen LogP contribution >= 0.6 is 0 Å². The van der Waals surface area contributed by atoms with Crippen molar-refractivity contribution in [3.05, 3.63) is 12.4 Å². The molecule has 0 aromatic rings. The molecule has 1 N–H and O–H groups in total. The third-order valence-electron chi connectivity index (χ3n) is 2.57. The Morgan fingerprint density at radius 3 is 2.26 bits per heavy atom. The van der Waals surface area contributed by atoms with Gasteiger partial charge in [-0.25, -0.2) is 4.18 Å². The lowest BCUT2D eigenvalue weighted by Crippen LogP contribution is -2.21. The second kappa shape index (κ2) is 10.1. The minimum atomic E-state index is -4.21. The van der Waals surface area contributed by atoms with Gasteiger partial charge in [0, 0.05) is 26.0 Å². The van der Waals surface area contributed by atoms with Gasteiger partial charge in [0.05, 0.1) is 13.3 Å². The third kappa shape index (κ3) is 12.0. The smallest absolute Gasteiger partial charge is 0.362 e. The summed E-state index contributed by atoms with van der Waals surface area (Å²) in [4.78, 5) is 4.41. The Kier molecular flexibility index (Phi) is 9.63. The summed E-state index contributed by atoms with van der Waals surface area (Å²) in [7, 11) is -2.14. The van der Waals surface area contributed by atoms with Gasteiger partial charge >= 0.3 is 10.4 Å². The van der Waals surface area contributed by atoms with Gasteiger partial charge < -0.3 is 9.80 Å². The first-order valence-electron chi connectivity index (χ1n) is 6.63. The Hall–Kier alpha value is -0.790. The van der Waals surface area contributed by atoms with Gasteiger partial charge in [0.1, 0.15) is 0 Å². The normalized spacial score (nSPS) is 14.5. The predicted octanol–water partition coefficient (Wildman–Crippen LogP) is 2.07. The van der Waals surface area contributed by atoms with Gasteiger partial charge in [-0.2, -0.15) is 8.42 Å². The first kappa shape index (κ1) is 18.2. The fourth-order valence-corrected chi connectivity index (χ4v) is 1.82.